The van der Waals surface area contributed by atoms with E-state index in [1.807, 2.05) is 12.5 Å². The van der Waals surface area contributed by atoms with Crippen LogP contribution in [0.25, 0.3) is 0 Å². The van der Waals surface area contributed by atoms with Crippen molar-refractivity contribution in [3.63, 3.8) is 0 Å². The van der Waals surface area contributed by atoms with E-state index in [4.69, 9.17) is 14.5 Å². The van der Waals surface area contributed by atoms with Crippen molar-refractivity contribution in [3.8, 4) is 0 Å². The van der Waals surface area contributed by atoms with E-state index in [2.05, 4.69) is 46.7 Å². The first-order valence-electron chi connectivity index (χ1n) is 10.4. The summed E-state index contributed by atoms with van der Waals surface area (Å²) in [6.07, 6.45) is 9.27. The number of guanidine groups is 1. The molecule has 1 aliphatic heterocycles. The van der Waals surface area contributed by atoms with Crippen molar-refractivity contribution in [2.24, 2.45) is 10.9 Å². The highest BCUT2D eigenvalue weighted by molar-refractivity contribution is 14.0. The maximum atomic E-state index is 5.64. The molecule has 2 rings (SSSR count). The molecule has 0 bridgehead atoms. The molecule has 0 aliphatic carbocycles. The van der Waals surface area contributed by atoms with Crippen LogP contribution in [0.2, 0.25) is 0 Å². The first kappa shape index (κ1) is 25.2. The van der Waals surface area contributed by atoms with E-state index in [9.17, 15) is 0 Å². The Kier molecular flexibility index (Phi) is 13.5. The summed E-state index contributed by atoms with van der Waals surface area (Å²) in [7, 11) is 0. The molecule has 2 atom stereocenters. The zero-order valence-corrected chi connectivity index (χ0v) is 20.0. The second kappa shape index (κ2) is 15.0. The Balaban J connectivity index is 0.00000392. The summed E-state index contributed by atoms with van der Waals surface area (Å²) in [5.41, 5.74) is 0. The van der Waals surface area contributed by atoms with Gasteiger partial charge in [0.15, 0.2) is 5.96 Å². The zero-order chi connectivity index (χ0) is 19.3. The fourth-order valence-corrected chi connectivity index (χ4v) is 3.31. The molecule has 1 aliphatic rings. The predicted molar refractivity (Wildman–Crippen MR) is 125 cm³/mol. The van der Waals surface area contributed by atoms with Gasteiger partial charge in [-0.25, -0.2) is 4.98 Å². The number of unbranched alkanes of at least 4 members (excludes halogenated alkanes) is 1. The van der Waals surface area contributed by atoms with Crippen LogP contribution in [0.1, 0.15) is 46.1 Å². The van der Waals surface area contributed by atoms with E-state index >= 15 is 0 Å². The quantitative estimate of drug-likeness (QED) is 0.216. The van der Waals surface area contributed by atoms with Gasteiger partial charge in [0.2, 0.25) is 0 Å². The van der Waals surface area contributed by atoms with Gasteiger partial charge in [0.05, 0.1) is 38.7 Å². The molecular formula is C20H38IN5O2. The van der Waals surface area contributed by atoms with Crippen molar-refractivity contribution in [2.75, 3.05) is 52.6 Å². The lowest BCUT2D eigenvalue weighted by atomic mass is 9.93. The molecule has 2 unspecified atom stereocenters. The summed E-state index contributed by atoms with van der Waals surface area (Å²) in [6, 6.07) is 0.432. The second-order valence-electron chi connectivity index (χ2n) is 7.10. The molecule has 0 aromatic carbocycles. The topological polar surface area (TPSA) is 63.9 Å². The van der Waals surface area contributed by atoms with Gasteiger partial charge in [0.25, 0.3) is 0 Å². The van der Waals surface area contributed by atoms with Gasteiger partial charge in [0, 0.05) is 38.6 Å². The molecule has 8 heteroatoms. The largest absolute Gasteiger partial charge is 0.379 e. The van der Waals surface area contributed by atoms with Gasteiger partial charge < -0.3 is 24.3 Å². The number of piperidine rings is 1. The maximum absolute atomic E-state index is 5.64. The van der Waals surface area contributed by atoms with Crippen molar-refractivity contribution in [1.29, 1.82) is 0 Å². The third kappa shape index (κ3) is 8.65. The number of likely N-dealkylation sites (tertiary alicyclic amines) is 1. The first-order valence-corrected chi connectivity index (χ1v) is 10.4. The average molecular weight is 507 g/mol. The van der Waals surface area contributed by atoms with Crippen LogP contribution in [0.5, 0.6) is 0 Å². The minimum atomic E-state index is 0. The lowest BCUT2D eigenvalue weighted by Crippen LogP contribution is -2.49. The number of imidazole rings is 1. The number of hydrogen-bond donors (Lipinski definition) is 1. The number of ether oxygens (including phenoxy) is 2. The van der Waals surface area contributed by atoms with E-state index in [0.29, 0.717) is 38.3 Å². The normalized spacial score (nSPS) is 20.1. The predicted octanol–water partition coefficient (Wildman–Crippen LogP) is 3.18. The minimum absolute atomic E-state index is 0. The van der Waals surface area contributed by atoms with Crippen LogP contribution in [-0.4, -0.2) is 73.0 Å². The summed E-state index contributed by atoms with van der Waals surface area (Å²) in [4.78, 5) is 11.3. The Morgan fingerprint density at radius 3 is 2.68 bits per heavy atom. The maximum Gasteiger partial charge on any atom is 0.194 e. The van der Waals surface area contributed by atoms with E-state index in [-0.39, 0.29) is 24.0 Å². The summed E-state index contributed by atoms with van der Waals surface area (Å²) in [5, 5.41) is 3.43. The summed E-state index contributed by atoms with van der Waals surface area (Å²) in [5.74, 6) is 1.62. The molecule has 0 radical (unpaired) electrons. The highest BCUT2D eigenvalue weighted by Crippen LogP contribution is 2.27. The molecule has 0 amide bonds. The van der Waals surface area contributed by atoms with E-state index in [1.165, 1.54) is 6.42 Å². The van der Waals surface area contributed by atoms with E-state index < -0.39 is 0 Å². The van der Waals surface area contributed by atoms with Crippen molar-refractivity contribution in [2.45, 2.75) is 46.1 Å². The summed E-state index contributed by atoms with van der Waals surface area (Å²) >= 11 is 0. The number of halogens is 1. The number of aliphatic imine (C=N–C) groups is 1. The van der Waals surface area contributed by atoms with Crippen LogP contribution in [0.4, 0.5) is 0 Å². The monoisotopic (exact) mass is 507 g/mol. The Morgan fingerprint density at radius 2 is 2.00 bits per heavy atom. The summed E-state index contributed by atoms with van der Waals surface area (Å²) in [6.45, 7) is 12.9. The number of aromatic nitrogens is 2. The summed E-state index contributed by atoms with van der Waals surface area (Å²) < 4.78 is 13.4. The fourth-order valence-electron chi connectivity index (χ4n) is 3.31. The van der Waals surface area contributed by atoms with Gasteiger partial charge >= 0.3 is 0 Å². The molecule has 7 nitrogen and oxygen atoms in total. The van der Waals surface area contributed by atoms with E-state index in [1.54, 1.807) is 0 Å². The van der Waals surface area contributed by atoms with Crippen LogP contribution in [0, 0.1) is 5.92 Å². The molecule has 0 saturated carbocycles. The smallest absolute Gasteiger partial charge is 0.194 e. The molecular weight excluding hydrogens is 469 g/mol. The van der Waals surface area contributed by atoms with Gasteiger partial charge in [-0.05, 0) is 25.7 Å². The van der Waals surface area contributed by atoms with Crippen LogP contribution >= 0.6 is 24.0 Å². The number of nitrogens with one attached hydrogen (secondary N) is 1. The lowest BCUT2D eigenvalue weighted by Gasteiger charge is -2.39. The van der Waals surface area contributed by atoms with Crippen molar-refractivity contribution in [3.05, 3.63) is 18.7 Å². The van der Waals surface area contributed by atoms with Crippen LogP contribution in [-0.2, 0) is 9.47 Å². The second-order valence-corrected chi connectivity index (χ2v) is 7.10. The lowest BCUT2D eigenvalue weighted by molar-refractivity contribution is 0.0497. The standard InChI is InChI=1S/C20H37N5O2.HI/c1-4-6-12-26-14-15-27-13-9-23-20(22-5-2)24-10-7-18(3)19(16-24)25-11-8-21-17-25;/h8,11,17-19H,4-7,9-10,12-16H2,1-3H3,(H,22,23);1H. The van der Waals surface area contributed by atoms with Crippen molar-refractivity contribution in [1.82, 2.24) is 19.8 Å². The Labute approximate surface area is 187 Å². The fraction of sp³-hybridized carbons (Fsp3) is 0.800. The molecule has 1 saturated heterocycles. The first-order chi connectivity index (χ1) is 13.3. The molecule has 162 valence electrons. The third-order valence-electron chi connectivity index (χ3n) is 4.97. The molecule has 1 N–H and O–H groups in total. The number of rotatable bonds is 11. The van der Waals surface area contributed by atoms with Gasteiger partial charge in [0.1, 0.15) is 0 Å². The van der Waals surface area contributed by atoms with E-state index in [0.717, 1.165) is 45.0 Å². The van der Waals surface area contributed by atoms with Gasteiger partial charge in [-0.1, -0.05) is 20.3 Å². The molecule has 1 fully saturated rings. The van der Waals surface area contributed by atoms with Crippen LogP contribution < -0.4 is 5.32 Å². The van der Waals surface area contributed by atoms with Crippen LogP contribution in [0.3, 0.4) is 0 Å². The molecule has 1 aromatic heterocycles. The highest BCUT2D eigenvalue weighted by atomic mass is 127. The SMILES string of the molecule is CCCCOCCOCCN=C(NCC)N1CCC(C)C(n2ccnc2)C1.I. The Bertz CT molecular complexity index is 527. The van der Waals surface area contributed by atoms with Gasteiger partial charge in [-0.2, -0.15) is 0 Å². The van der Waals surface area contributed by atoms with Crippen molar-refractivity contribution < 1.29 is 9.47 Å². The van der Waals surface area contributed by atoms with Gasteiger partial charge in [-0.15, -0.1) is 24.0 Å². The highest BCUT2D eigenvalue weighted by Gasteiger charge is 2.28. The molecule has 1 aromatic rings. The van der Waals surface area contributed by atoms with Gasteiger partial charge in [-0.3, -0.25) is 4.99 Å². The molecule has 28 heavy (non-hydrogen) atoms. The number of nitrogens with zero attached hydrogens (tertiary/aromatic N) is 4. The number of hydrogen-bond acceptors (Lipinski definition) is 4. The Morgan fingerprint density at radius 1 is 1.21 bits per heavy atom. The minimum Gasteiger partial charge on any atom is -0.379 e. The third-order valence-corrected chi connectivity index (χ3v) is 4.97. The molecule has 0 spiro atoms. The molecule has 2 heterocycles. The Hall–Kier alpha value is -0.870. The zero-order valence-electron chi connectivity index (χ0n) is 17.7. The van der Waals surface area contributed by atoms with Crippen molar-refractivity contribution >= 4 is 29.9 Å². The van der Waals surface area contributed by atoms with Crippen LogP contribution in [0.15, 0.2) is 23.7 Å². The average Bonchev–Trinajstić information content (AvgIpc) is 3.21.